The van der Waals surface area contributed by atoms with Crippen LogP contribution in [-0.2, 0) is 11.3 Å². The Hall–Kier alpha value is -0.770. The highest BCUT2D eigenvalue weighted by Gasteiger charge is 2.40. The monoisotopic (exact) mass is 296 g/mol. The fourth-order valence-electron chi connectivity index (χ4n) is 3.37. The van der Waals surface area contributed by atoms with E-state index < -0.39 is 0 Å². The van der Waals surface area contributed by atoms with Crippen molar-refractivity contribution in [2.45, 2.75) is 56.8 Å². The quantitative estimate of drug-likeness (QED) is 0.924. The van der Waals surface area contributed by atoms with Crippen LogP contribution in [0, 0.1) is 0 Å². The van der Waals surface area contributed by atoms with Gasteiger partial charge in [-0.05, 0) is 30.5 Å². The lowest BCUT2D eigenvalue weighted by Gasteiger charge is -2.38. The molecule has 4 heteroatoms. The van der Waals surface area contributed by atoms with Gasteiger partial charge in [-0.15, -0.1) is 0 Å². The van der Waals surface area contributed by atoms with E-state index in [9.17, 15) is 0 Å². The highest BCUT2D eigenvalue weighted by Crippen LogP contribution is 2.41. The molecule has 1 saturated heterocycles. The van der Waals surface area contributed by atoms with Gasteiger partial charge in [-0.25, -0.2) is 0 Å². The minimum atomic E-state index is 0.000377. The van der Waals surface area contributed by atoms with Crippen molar-refractivity contribution in [3.63, 3.8) is 0 Å². The Kier molecular flexibility index (Phi) is 4.20. The molecule has 1 atom stereocenters. The van der Waals surface area contributed by atoms with Crippen molar-refractivity contribution >= 4 is 11.6 Å². The van der Waals surface area contributed by atoms with E-state index in [1.807, 2.05) is 12.1 Å². The molecule has 0 bridgehead atoms. The van der Waals surface area contributed by atoms with Crippen molar-refractivity contribution in [2.75, 3.05) is 6.61 Å². The summed E-state index contributed by atoms with van der Waals surface area (Å²) >= 11 is 6.21. The molecule has 0 amide bonds. The fourth-order valence-corrected chi connectivity index (χ4v) is 3.62. The van der Waals surface area contributed by atoms with E-state index in [4.69, 9.17) is 26.2 Å². The Labute approximate surface area is 124 Å². The zero-order valence-electron chi connectivity index (χ0n) is 11.6. The minimum Gasteiger partial charge on any atom is -0.489 e. The number of rotatable bonds is 3. The number of halogens is 1. The van der Waals surface area contributed by atoms with E-state index in [0.717, 1.165) is 37.9 Å². The third-order valence-electron chi connectivity index (χ3n) is 4.44. The molecule has 2 aliphatic rings. The molecule has 3 nitrogen and oxygen atoms in total. The van der Waals surface area contributed by atoms with Crippen molar-refractivity contribution in [1.82, 2.24) is 0 Å². The summed E-state index contributed by atoms with van der Waals surface area (Å²) < 4.78 is 12.1. The first-order chi connectivity index (χ1) is 9.71. The predicted octanol–water partition coefficient (Wildman–Crippen LogP) is 3.70. The number of hydrogen-bond donors (Lipinski definition) is 1. The van der Waals surface area contributed by atoms with Crippen LogP contribution in [0.4, 0.5) is 0 Å². The highest BCUT2D eigenvalue weighted by molar-refractivity contribution is 6.32. The lowest BCUT2D eigenvalue weighted by Crippen LogP contribution is -2.41. The van der Waals surface area contributed by atoms with Gasteiger partial charge in [-0.1, -0.05) is 30.5 Å². The molecule has 1 N–H and O–H groups in total. The normalized spacial score (nSPS) is 25.0. The van der Waals surface area contributed by atoms with E-state index >= 15 is 0 Å². The van der Waals surface area contributed by atoms with Gasteiger partial charge in [0.05, 0.1) is 23.8 Å². The largest absolute Gasteiger partial charge is 0.489 e. The maximum Gasteiger partial charge on any atom is 0.138 e. The van der Waals surface area contributed by atoms with E-state index in [-0.39, 0.29) is 18.3 Å². The zero-order valence-corrected chi connectivity index (χ0v) is 12.4. The number of ether oxygens (including phenoxy) is 2. The summed E-state index contributed by atoms with van der Waals surface area (Å²) in [5.74, 6) is 0.712. The maximum atomic E-state index is 9.10. The van der Waals surface area contributed by atoms with Gasteiger partial charge in [0.15, 0.2) is 0 Å². The summed E-state index contributed by atoms with van der Waals surface area (Å²) in [7, 11) is 0. The van der Waals surface area contributed by atoms with Gasteiger partial charge >= 0.3 is 0 Å². The van der Waals surface area contributed by atoms with Crippen molar-refractivity contribution in [2.24, 2.45) is 0 Å². The number of benzene rings is 1. The smallest absolute Gasteiger partial charge is 0.138 e. The molecule has 1 aromatic carbocycles. The topological polar surface area (TPSA) is 38.7 Å². The zero-order chi connectivity index (χ0) is 14.0. The third kappa shape index (κ3) is 2.95. The Bertz CT molecular complexity index is 469. The molecule has 1 saturated carbocycles. The lowest BCUT2D eigenvalue weighted by molar-refractivity contribution is -0.108. The fraction of sp³-hybridized carbons (Fsp3) is 0.625. The van der Waals surface area contributed by atoms with Crippen LogP contribution in [0.25, 0.3) is 0 Å². The Morgan fingerprint density at radius 2 is 2.15 bits per heavy atom. The molecule has 0 aromatic heterocycles. The number of aliphatic hydroxyl groups is 1. The number of aliphatic hydroxyl groups excluding tert-OH is 1. The molecule has 1 heterocycles. The van der Waals surface area contributed by atoms with E-state index in [1.54, 1.807) is 6.07 Å². The van der Waals surface area contributed by atoms with Crippen LogP contribution in [0.15, 0.2) is 18.2 Å². The Balaban J connectivity index is 1.68. The number of hydrogen-bond acceptors (Lipinski definition) is 3. The van der Waals surface area contributed by atoms with Crippen molar-refractivity contribution in [3.05, 3.63) is 28.8 Å². The van der Waals surface area contributed by atoms with Crippen LogP contribution >= 0.6 is 11.6 Å². The summed E-state index contributed by atoms with van der Waals surface area (Å²) in [5, 5.41) is 9.67. The Morgan fingerprint density at radius 1 is 1.35 bits per heavy atom. The second-order valence-electron chi connectivity index (χ2n) is 5.89. The second kappa shape index (κ2) is 5.92. The van der Waals surface area contributed by atoms with Crippen molar-refractivity contribution in [1.29, 1.82) is 0 Å². The van der Waals surface area contributed by atoms with Crippen molar-refractivity contribution in [3.8, 4) is 5.75 Å². The van der Waals surface area contributed by atoms with Gasteiger partial charge in [0.2, 0.25) is 0 Å². The van der Waals surface area contributed by atoms with Crippen LogP contribution < -0.4 is 4.74 Å². The Morgan fingerprint density at radius 3 is 2.85 bits per heavy atom. The molecule has 3 rings (SSSR count). The van der Waals surface area contributed by atoms with Gasteiger partial charge in [-0.2, -0.15) is 0 Å². The van der Waals surface area contributed by atoms with Crippen LogP contribution in [0.5, 0.6) is 5.75 Å². The molecule has 1 aliphatic heterocycles. The molecule has 20 heavy (non-hydrogen) atoms. The molecule has 1 unspecified atom stereocenters. The van der Waals surface area contributed by atoms with Crippen molar-refractivity contribution < 1.29 is 14.6 Å². The standard InChI is InChI=1S/C16H21ClO3/c17-14-9-12(11-18)3-4-15(14)20-13-5-8-19-16(10-13)6-1-2-7-16/h3-4,9,13,18H,1-2,5-8,10-11H2. The molecule has 1 spiro atoms. The van der Waals surface area contributed by atoms with Crippen LogP contribution in [0.2, 0.25) is 5.02 Å². The SMILES string of the molecule is OCc1ccc(OC2CCOC3(CCCC3)C2)c(Cl)c1. The molecule has 1 aromatic rings. The van der Waals surface area contributed by atoms with E-state index in [1.165, 1.54) is 12.8 Å². The van der Waals surface area contributed by atoms with Gasteiger partial charge < -0.3 is 14.6 Å². The summed E-state index contributed by atoms with van der Waals surface area (Å²) in [5.41, 5.74) is 0.863. The lowest BCUT2D eigenvalue weighted by atomic mass is 9.90. The van der Waals surface area contributed by atoms with Crippen LogP contribution in [-0.4, -0.2) is 23.4 Å². The van der Waals surface area contributed by atoms with Crippen LogP contribution in [0.1, 0.15) is 44.1 Å². The average Bonchev–Trinajstić information content (AvgIpc) is 2.89. The molecule has 2 fully saturated rings. The average molecular weight is 297 g/mol. The summed E-state index contributed by atoms with van der Waals surface area (Å²) in [6.45, 7) is 0.775. The highest BCUT2D eigenvalue weighted by atomic mass is 35.5. The molecular formula is C16H21ClO3. The van der Waals surface area contributed by atoms with Gasteiger partial charge in [-0.3, -0.25) is 0 Å². The second-order valence-corrected chi connectivity index (χ2v) is 6.30. The maximum absolute atomic E-state index is 9.10. The molecule has 1 aliphatic carbocycles. The predicted molar refractivity (Wildman–Crippen MR) is 78.2 cm³/mol. The summed E-state index contributed by atoms with van der Waals surface area (Å²) in [6, 6.07) is 5.47. The van der Waals surface area contributed by atoms with Gasteiger partial charge in [0.1, 0.15) is 11.9 Å². The third-order valence-corrected chi connectivity index (χ3v) is 4.73. The first-order valence-corrected chi connectivity index (χ1v) is 7.78. The van der Waals surface area contributed by atoms with E-state index in [0.29, 0.717) is 10.8 Å². The van der Waals surface area contributed by atoms with Gasteiger partial charge in [0.25, 0.3) is 0 Å². The van der Waals surface area contributed by atoms with E-state index in [2.05, 4.69) is 0 Å². The summed E-state index contributed by atoms with van der Waals surface area (Å²) in [4.78, 5) is 0. The summed E-state index contributed by atoms with van der Waals surface area (Å²) in [6.07, 6.45) is 6.90. The molecular weight excluding hydrogens is 276 g/mol. The van der Waals surface area contributed by atoms with Gasteiger partial charge in [0, 0.05) is 12.8 Å². The van der Waals surface area contributed by atoms with Crippen LogP contribution in [0.3, 0.4) is 0 Å². The first kappa shape index (κ1) is 14.2. The molecule has 0 radical (unpaired) electrons. The molecule has 110 valence electrons. The first-order valence-electron chi connectivity index (χ1n) is 7.41. The minimum absolute atomic E-state index is 0.000377.